The van der Waals surface area contributed by atoms with E-state index in [1.165, 1.54) is 16.6 Å². The van der Waals surface area contributed by atoms with E-state index in [0.717, 1.165) is 0 Å². The normalized spacial score (nSPS) is 13.3. The van der Waals surface area contributed by atoms with Crippen LogP contribution in [0.25, 0.3) is 0 Å². The van der Waals surface area contributed by atoms with Crippen LogP contribution in [0.4, 0.5) is 0 Å². The Hall–Kier alpha value is -2.89. The first kappa shape index (κ1) is 15.0. The summed E-state index contributed by atoms with van der Waals surface area (Å²) in [6, 6.07) is 10.1. The van der Waals surface area contributed by atoms with Crippen LogP contribution in [0.15, 0.2) is 47.4 Å². The lowest BCUT2D eigenvalue weighted by atomic mass is 10.1. The van der Waals surface area contributed by atoms with Crippen molar-refractivity contribution in [3.63, 3.8) is 0 Å². The maximum Gasteiger partial charge on any atom is 0.292 e. The Morgan fingerprint density at radius 2 is 1.57 bits per heavy atom. The molecule has 0 atom stereocenters. The standard InChI is InChI=1S/C17H16N2O4/c1-23-14-8-4-9-18(17(14)22)10-5-11-19-15(20)12-6-2-3-7-13(12)16(19)21/h2-4,6-9H,5,10-11H2,1H3. The number of rotatable bonds is 5. The number of nitrogens with zero attached hydrogens (tertiary/aromatic N) is 2. The van der Waals surface area contributed by atoms with Gasteiger partial charge in [0, 0.05) is 19.3 Å². The van der Waals surface area contributed by atoms with E-state index in [1.54, 1.807) is 42.6 Å². The summed E-state index contributed by atoms with van der Waals surface area (Å²) in [6.45, 7) is 0.680. The molecule has 0 fully saturated rings. The molecule has 0 bridgehead atoms. The van der Waals surface area contributed by atoms with Gasteiger partial charge < -0.3 is 9.30 Å². The lowest BCUT2D eigenvalue weighted by Gasteiger charge is -2.14. The Morgan fingerprint density at radius 3 is 2.17 bits per heavy atom. The van der Waals surface area contributed by atoms with Crippen LogP contribution < -0.4 is 10.3 Å². The maximum atomic E-state index is 12.2. The third kappa shape index (κ3) is 2.63. The second-order valence-corrected chi connectivity index (χ2v) is 5.24. The number of ether oxygens (including phenoxy) is 1. The van der Waals surface area contributed by atoms with Crippen molar-refractivity contribution in [2.24, 2.45) is 0 Å². The molecule has 0 N–H and O–H groups in total. The van der Waals surface area contributed by atoms with Crippen molar-refractivity contribution in [1.82, 2.24) is 9.47 Å². The van der Waals surface area contributed by atoms with E-state index in [9.17, 15) is 14.4 Å². The van der Waals surface area contributed by atoms with Crippen molar-refractivity contribution in [2.45, 2.75) is 13.0 Å². The predicted octanol–water partition coefficient (Wildman–Crippen LogP) is 1.54. The van der Waals surface area contributed by atoms with Crippen LogP contribution in [0, 0.1) is 0 Å². The van der Waals surface area contributed by atoms with Crippen molar-refractivity contribution in [1.29, 1.82) is 0 Å². The Labute approximate surface area is 132 Å². The highest BCUT2D eigenvalue weighted by Gasteiger charge is 2.34. The number of carbonyl (C=O) groups excluding carboxylic acids is 2. The lowest BCUT2D eigenvalue weighted by molar-refractivity contribution is 0.0650. The topological polar surface area (TPSA) is 68.6 Å². The summed E-state index contributed by atoms with van der Waals surface area (Å²) in [5.41, 5.74) is 0.657. The smallest absolute Gasteiger partial charge is 0.292 e. The molecule has 2 amide bonds. The fourth-order valence-corrected chi connectivity index (χ4v) is 2.69. The number of fused-ring (bicyclic) bond motifs is 1. The van der Waals surface area contributed by atoms with E-state index in [4.69, 9.17) is 4.74 Å². The summed E-state index contributed by atoms with van der Waals surface area (Å²) in [7, 11) is 1.44. The van der Waals surface area contributed by atoms with Crippen LogP contribution in [-0.2, 0) is 6.54 Å². The maximum absolute atomic E-state index is 12.2. The number of methoxy groups -OCH3 is 1. The third-order valence-electron chi connectivity index (χ3n) is 3.86. The Morgan fingerprint density at radius 1 is 0.913 bits per heavy atom. The number of aromatic nitrogens is 1. The molecule has 118 valence electrons. The van der Waals surface area contributed by atoms with E-state index >= 15 is 0 Å². The molecule has 1 aromatic heterocycles. The van der Waals surface area contributed by atoms with E-state index in [-0.39, 0.29) is 29.7 Å². The summed E-state index contributed by atoms with van der Waals surface area (Å²) in [6.07, 6.45) is 2.16. The summed E-state index contributed by atoms with van der Waals surface area (Å²) in [5.74, 6) is -0.277. The number of pyridine rings is 1. The average molecular weight is 312 g/mol. The summed E-state index contributed by atoms with van der Waals surface area (Å²) < 4.78 is 6.50. The molecule has 0 saturated heterocycles. The monoisotopic (exact) mass is 312 g/mol. The highest BCUT2D eigenvalue weighted by atomic mass is 16.5. The molecule has 2 aromatic rings. The van der Waals surface area contributed by atoms with Gasteiger partial charge in [-0.15, -0.1) is 0 Å². The molecular formula is C17H16N2O4. The molecular weight excluding hydrogens is 296 g/mol. The van der Waals surface area contributed by atoms with Gasteiger partial charge in [-0.1, -0.05) is 12.1 Å². The van der Waals surface area contributed by atoms with Crippen molar-refractivity contribution >= 4 is 11.8 Å². The molecule has 23 heavy (non-hydrogen) atoms. The van der Waals surface area contributed by atoms with Gasteiger partial charge in [-0.05, 0) is 30.7 Å². The summed E-state index contributed by atoms with van der Waals surface area (Å²) in [5, 5.41) is 0. The van der Waals surface area contributed by atoms with Gasteiger partial charge >= 0.3 is 0 Å². The second-order valence-electron chi connectivity index (χ2n) is 5.24. The second kappa shape index (κ2) is 6.08. The van der Waals surface area contributed by atoms with Crippen LogP contribution in [0.1, 0.15) is 27.1 Å². The highest BCUT2D eigenvalue weighted by molar-refractivity contribution is 6.21. The van der Waals surface area contributed by atoms with Crippen LogP contribution in [0.2, 0.25) is 0 Å². The van der Waals surface area contributed by atoms with Crippen LogP contribution in [0.5, 0.6) is 5.75 Å². The lowest BCUT2D eigenvalue weighted by Crippen LogP contribution is -2.32. The van der Waals surface area contributed by atoms with Gasteiger partial charge in [-0.3, -0.25) is 19.3 Å². The van der Waals surface area contributed by atoms with Crippen molar-refractivity contribution in [2.75, 3.05) is 13.7 Å². The minimum absolute atomic E-state index is 0.225. The zero-order valence-electron chi connectivity index (χ0n) is 12.7. The molecule has 0 unspecified atom stereocenters. The minimum Gasteiger partial charge on any atom is -0.491 e. The third-order valence-corrected chi connectivity index (χ3v) is 3.86. The predicted molar refractivity (Wildman–Crippen MR) is 83.7 cm³/mol. The van der Waals surface area contributed by atoms with Crippen LogP contribution in [-0.4, -0.2) is 34.9 Å². The number of imide groups is 1. The van der Waals surface area contributed by atoms with Gasteiger partial charge in [0.05, 0.1) is 18.2 Å². The molecule has 1 aliphatic heterocycles. The average Bonchev–Trinajstić information content (AvgIpc) is 2.81. The number of aryl methyl sites for hydroxylation is 1. The fraction of sp³-hybridized carbons (Fsp3) is 0.235. The number of hydrogen-bond donors (Lipinski definition) is 0. The summed E-state index contributed by atoms with van der Waals surface area (Å²) >= 11 is 0. The van der Waals surface area contributed by atoms with Crippen molar-refractivity contribution in [3.8, 4) is 5.75 Å². The molecule has 1 aliphatic rings. The zero-order valence-corrected chi connectivity index (χ0v) is 12.7. The number of carbonyl (C=O) groups is 2. The first-order valence-electron chi connectivity index (χ1n) is 7.32. The minimum atomic E-state index is -0.274. The van der Waals surface area contributed by atoms with E-state index < -0.39 is 0 Å². The Kier molecular flexibility index (Phi) is 3.97. The van der Waals surface area contributed by atoms with E-state index in [2.05, 4.69) is 0 Å². The Balaban J connectivity index is 1.68. The molecule has 0 aliphatic carbocycles. The van der Waals surface area contributed by atoms with Crippen LogP contribution in [0.3, 0.4) is 0 Å². The first-order valence-corrected chi connectivity index (χ1v) is 7.32. The number of benzene rings is 1. The molecule has 1 aromatic carbocycles. The Bertz CT molecular complexity index is 790. The molecule has 6 heteroatoms. The molecule has 0 radical (unpaired) electrons. The van der Waals surface area contributed by atoms with Gasteiger partial charge in [0.15, 0.2) is 5.75 Å². The largest absolute Gasteiger partial charge is 0.491 e. The van der Waals surface area contributed by atoms with Gasteiger partial charge in [0.1, 0.15) is 0 Å². The van der Waals surface area contributed by atoms with E-state index in [1.807, 2.05) is 0 Å². The van der Waals surface area contributed by atoms with Crippen molar-refractivity contribution in [3.05, 3.63) is 64.1 Å². The summed E-state index contributed by atoms with van der Waals surface area (Å²) in [4.78, 5) is 37.7. The van der Waals surface area contributed by atoms with Gasteiger partial charge in [-0.2, -0.15) is 0 Å². The van der Waals surface area contributed by atoms with Gasteiger partial charge in [-0.25, -0.2) is 0 Å². The molecule has 0 spiro atoms. The number of amides is 2. The quantitative estimate of drug-likeness (QED) is 0.785. The van der Waals surface area contributed by atoms with Gasteiger partial charge in [0.25, 0.3) is 17.4 Å². The zero-order chi connectivity index (χ0) is 16.4. The van der Waals surface area contributed by atoms with E-state index in [0.29, 0.717) is 24.1 Å². The molecule has 6 nitrogen and oxygen atoms in total. The SMILES string of the molecule is COc1cccn(CCCN2C(=O)c3ccccc3C2=O)c1=O. The van der Waals surface area contributed by atoms with Gasteiger partial charge in [0.2, 0.25) is 0 Å². The molecule has 0 saturated carbocycles. The highest BCUT2D eigenvalue weighted by Crippen LogP contribution is 2.22. The first-order chi connectivity index (χ1) is 11.1. The molecule has 2 heterocycles. The van der Waals surface area contributed by atoms with Crippen molar-refractivity contribution < 1.29 is 14.3 Å². The fourth-order valence-electron chi connectivity index (χ4n) is 2.69. The van der Waals surface area contributed by atoms with Crippen LogP contribution >= 0.6 is 0 Å². The molecule has 3 rings (SSSR count). The number of hydrogen-bond acceptors (Lipinski definition) is 4.